The fraction of sp³-hybridized carbons (Fsp3) is 0.562. The number of nitrogens with one attached hydrogen (secondary N) is 1. The van der Waals surface area contributed by atoms with Crippen molar-refractivity contribution in [1.82, 2.24) is 15.1 Å². The lowest BCUT2D eigenvalue weighted by molar-refractivity contribution is 0.523. The zero-order chi connectivity index (χ0) is 13.9. The number of aryl methyl sites for hydroxylation is 1. The molecule has 1 aliphatic rings. The van der Waals surface area contributed by atoms with Gasteiger partial charge in [0.2, 0.25) is 0 Å². The van der Waals surface area contributed by atoms with E-state index < -0.39 is 0 Å². The van der Waals surface area contributed by atoms with Gasteiger partial charge in [0.1, 0.15) is 0 Å². The van der Waals surface area contributed by atoms with Crippen LogP contribution in [0.15, 0.2) is 24.3 Å². The Hall–Kier alpha value is -1.00. The summed E-state index contributed by atoms with van der Waals surface area (Å²) in [6.07, 6.45) is 6.24. The lowest BCUT2D eigenvalue weighted by Gasteiger charge is -2.18. The molecule has 4 heteroatoms. The molecule has 0 amide bonds. The number of hydrogen-bond acceptors (Lipinski definition) is 3. The Kier molecular flexibility index (Phi) is 4.32. The van der Waals surface area contributed by atoms with Gasteiger partial charge in [-0.3, -0.25) is 4.68 Å². The molecule has 1 heterocycles. The molecule has 3 nitrogen and oxygen atoms in total. The average Bonchev–Trinajstić information content (AvgIpc) is 3.09. The van der Waals surface area contributed by atoms with E-state index in [1.54, 1.807) is 0 Å². The van der Waals surface area contributed by atoms with E-state index in [1.165, 1.54) is 35.9 Å². The number of fused-ring (bicyclic) bond motifs is 1. The van der Waals surface area contributed by atoms with Gasteiger partial charge >= 0.3 is 0 Å². The lowest BCUT2D eigenvalue weighted by atomic mass is 10.2. The van der Waals surface area contributed by atoms with Gasteiger partial charge in [-0.2, -0.15) is 16.9 Å². The van der Waals surface area contributed by atoms with E-state index >= 15 is 0 Å². The van der Waals surface area contributed by atoms with Crippen molar-refractivity contribution in [3.05, 3.63) is 30.0 Å². The first kappa shape index (κ1) is 14.0. The second-order valence-electron chi connectivity index (χ2n) is 5.47. The van der Waals surface area contributed by atoms with Gasteiger partial charge in [-0.05, 0) is 32.1 Å². The van der Waals surface area contributed by atoms with Gasteiger partial charge in [-0.1, -0.05) is 24.6 Å². The van der Waals surface area contributed by atoms with Crippen LogP contribution < -0.4 is 5.32 Å². The molecule has 3 rings (SSSR count). The molecule has 1 aliphatic carbocycles. The maximum Gasteiger partial charge on any atom is 0.0841 e. The quantitative estimate of drug-likeness (QED) is 0.914. The fourth-order valence-corrected chi connectivity index (χ4v) is 4.20. The van der Waals surface area contributed by atoms with Gasteiger partial charge in [-0.25, -0.2) is 0 Å². The number of aromatic nitrogens is 2. The first-order valence-electron chi connectivity index (χ1n) is 7.54. The van der Waals surface area contributed by atoms with Gasteiger partial charge in [-0.15, -0.1) is 0 Å². The van der Waals surface area contributed by atoms with Gasteiger partial charge in [0.25, 0.3) is 0 Å². The Morgan fingerprint density at radius 2 is 2.20 bits per heavy atom. The number of nitrogens with zero attached hydrogens (tertiary/aromatic N) is 2. The molecule has 1 N–H and O–H groups in total. The molecule has 108 valence electrons. The third-order valence-corrected chi connectivity index (χ3v) is 5.49. The second kappa shape index (κ2) is 6.19. The Labute approximate surface area is 125 Å². The van der Waals surface area contributed by atoms with Crippen molar-refractivity contribution >= 4 is 22.7 Å². The van der Waals surface area contributed by atoms with Crippen LogP contribution >= 0.6 is 11.8 Å². The SMILES string of the molecule is CCn1nc(CNC2CCCC2SC)c2ccccc21. The molecule has 0 aliphatic heterocycles. The van der Waals surface area contributed by atoms with Crippen molar-refractivity contribution in [1.29, 1.82) is 0 Å². The van der Waals surface area contributed by atoms with E-state index in [2.05, 4.69) is 47.4 Å². The smallest absolute Gasteiger partial charge is 0.0841 e. The van der Waals surface area contributed by atoms with Crippen LogP contribution in [0.2, 0.25) is 0 Å². The van der Waals surface area contributed by atoms with Gasteiger partial charge in [0.05, 0.1) is 11.2 Å². The standard InChI is InChI=1S/C16H23N3S/c1-3-19-15-9-5-4-7-12(15)14(18-19)11-17-13-8-6-10-16(13)20-2/h4-5,7,9,13,16-17H,3,6,8,10-11H2,1-2H3. The molecular weight excluding hydrogens is 266 g/mol. The van der Waals surface area contributed by atoms with Crippen LogP contribution in [-0.2, 0) is 13.1 Å². The number of thioether (sulfide) groups is 1. The summed E-state index contributed by atoms with van der Waals surface area (Å²) in [6, 6.07) is 9.19. The largest absolute Gasteiger partial charge is 0.307 e. The average molecular weight is 289 g/mol. The van der Waals surface area contributed by atoms with Crippen molar-refractivity contribution in [3.8, 4) is 0 Å². The van der Waals surface area contributed by atoms with E-state index in [0.29, 0.717) is 6.04 Å². The Morgan fingerprint density at radius 3 is 3.00 bits per heavy atom. The highest BCUT2D eigenvalue weighted by molar-refractivity contribution is 7.99. The van der Waals surface area contributed by atoms with E-state index in [0.717, 1.165) is 18.3 Å². The summed E-state index contributed by atoms with van der Waals surface area (Å²) in [5, 5.41) is 10.6. The van der Waals surface area contributed by atoms with Crippen LogP contribution in [0.4, 0.5) is 0 Å². The molecule has 0 radical (unpaired) electrons. The highest BCUT2D eigenvalue weighted by Crippen LogP contribution is 2.29. The minimum absolute atomic E-state index is 0.649. The van der Waals surface area contributed by atoms with Crippen LogP contribution in [-0.4, -0.2) is 27.3 Å². The van der Waals surface area contributed by atoms with Crippen LogP contribution in [0.5, 0.6) is 0 Å². The normalized spacial score (nSPS) is 22.7. The molecule has 2 aromatic rings. The summed E-state index contributed by atoms with van der Waals surface area (Å²) in [7, 11) is 0. The summed E-state index contributed by atoms with van der Waals surface area (Å²) in [5.74, 6) is 0. The van der Waals surface area contributed by atoms with Gasteiger partial charge in [0.15, 0.2) is 0 Å². The molecule has 0 saturated heterocycles. The minimum Gasteiger partial charge on any atom is -0.307 e. The fourth-order valence-electron chi connectivity index (χ4n) is 3.24. The third kappa shape index (κ3) is 2.59. The molecule has 2 unspecified atom stereocenters. The Morgan fingerprint density at radius 1 is 1.35 bits per heavy atom. The zero-order valence-corrected chi connectivity index (χ0v) is 13.1. The molecule has 0 spiro atoms. The van der Waals surface area contributed by atoms with Crippen molar-refractivity contribution < 1.29 is 0 Å². The predicted octanol–water partition coefficient (Wildman–Crippen LogP) is 3.43. The summed E-state index contributed by atoms with van der Waals surface area (Å²) in [4.78, 5) is 0. The monoisotopic (exact) mass is 289 g/mol. The van der Waals surface area contributed by atoms with Crippen molar-refractivity contribution in [3.63, 3.8) is 0 Å². The Balaban J connectivity index is 1.77. The molecule has 1 fully saturated rings. The summed E-state index contributed by atoms with van der Waals surface area (Å²) in [6.45, 7) is 3.96. The maximum absolute atomic E-state index is 4.77. The Bertz CT molecular complexity index is 578. The minimum atomic E-state index is 0.649. The van der Waals surface area contributed by atoms with Gasteiger partial charge in [0, 0.05) is 29.8 Å². The first-order chi connectivity index (χ1) is 9.83. The number of hydrogen-bond donors (Lipinski definition) is 1. The molecule has 1 aromatic carbocycles. The molecule has 2 atom stereocenters. The van der Waals surface area contributed by atoms with Crippen LogP contribution in [0.25, 0.3) is 10.9 Å². The topological polar surface area (TPSA) is 29.9 Å². The maximum atomic E-state index is 4.77. The number of benzene rings is 1. The molecule has 20 heavy (non-hydrogen) atoms. The van der Waals surface area contributed by atoms with E-state index in [4.69, 9.17) is 5.10 Å². The summed E-state index contributed by atoms with van der Waals surface area (Å²) < 4.78 is 2.10. The van der Waals surface area contributed by atoms with Crippen LogP contribution in [0.3, 0.4) is 0 Å². The van der Waals surface area contributed by atoms with Gasteiger partial charge < -0.3 is 5.32 Å². The highest BCUT2D eigenvalue weighted by atomic mass is 32.2. The second-order valence-corrected chi connectivity index (χ2v) is 6.55. The van der Waals surface area contributed by atoms with E-state index in [1.807, 2.05) is 11.8 Å². The van der Waals surface area contributed by atoms with Crippen LogP contribution in [0.1, 0.15) is 31.9 Å². The lowest BCUT2D eigenvalue weighted by Crippen LogP contribution is -2.33. The predicted molar refractivity (Wildman–Crippen MR) is 87.2 cm³/mol. The van der Waals surface area contributed by atoms with Crippen LogP contribution in [0, 0.1) is 0 Å². The van der Waals surface area contributed by atoms with Crippen molar-refractivity contribution in [2.45, 2.75) is 50.6 Å². The molecular formula is C16H23N3S. The highest BCUT2D eigenvalue weighted by Gasteiger charge is 2.26. The number of rotatable bonds is 5. The summed E-state index contributed by atoms with van der Waals surface area (Å²) >= 11 is 2.00. The third-order valence-electron chi connectivity index (χ3n) is 4.32. The number of para-hydroxylation sites is 1. The summed E-state index contributed by atoms with van der Waals surface area (Å²) in [5.41, 5.74) is 2.44. The van der Waals surface area contributed by atoms with Crippen molar-refractivity contribution in [2.75, 3.05) is 6.26 Å². The zero-order valence-electron chi connectivity index (χ0n) is 12.3. The molecule has 0 bridgehead atoms. The van der Waals surface area contributed by atoms with E-state index in [9.17, 15) is 0 Å². The first-order valence-corrected chi connectivity index (χ1v) is 8.83. The molecule has 1 saturated carbocycles. The molecule has 1 aromatic heterocycles. The van der Waals surface area contributed by atoms with E-state index in [-0.39, 0.29) is 0 Å². The van der Waals surface area contributed by atoms with Crippen molar-refractivity contribution in [2.24, 2.45) is 0 Å².